The Morgan fingerprint density at radius 3 is 1.22 bits per heavy atom. The third-order valence-corrected chi connectivity index (χ3v) is 3.86. The number of aromatic carboxylic acids is 4. The van der Waals surface area contributed by atoms with Crippen LogP contribution in [0.1, 0.15) is 58.5 Å². The van der Waals surface area contributed by atoms with E-state index in [4.69, 9.17) is 10.2 Å². The van der Waals surface area contributed by atoms with E-state index in [-0.39, 0.29) is 11.1 Å². The molecule has 4 N–H and O–H groups in total. The highest BCUT2D eigenvalue weighted by Gasteiger charge is 2.23. The van der Waals surface area contributed by atoms with Crippen molar-refractivity contribution in [1.29, 1.82) is 0 Å². The lowest BCUT2D eigenvalue weighted by atomic mass is 9.88. The zero-order valence-electron chi connectivity index (χ0n) is 13.4. The van der Waals surface area contributed by atoms with Gasteiger partial charge in [0.15, 0.2) is 0 Å². The highest BCUT2D eigenvalue weighted by atomic mass is 16.4. The summed E-state index contributed by atoms with van der Waals surface area (Å²) in [6, 6.07) is 6.55. The summed E-state index contributed by atoms with van der Waals surface area (Å²) in [7, 11) is 0. The number of rotatable bonds is 7. The summed E-state index contributed by atoms with van der Waals surface area (Å²) in [5.74, 6) is -7.05. The van der Waals surface area contributed by atoms with Crippen LogP contribution in [0, 0.1) is 0 Å². The lowest BCUT2D eigenvalue weighted by molar-refractivity contribution is -0.108. The molecule has 0 aromatic heterocycles. The van der Waals surface area contributed by atoms with Gasteiger partial charge in [-0.15, -0.1) is 0 Å². The quantitative estimate of drug-likeness (QED) is 0.530. The number of benzene rings is 2. The van der Waals surface area contributed by atoms with E-state index in [1.165, 1.54) is 12.1 Å². The van der Waals surface area contributed by atoms with Gasteiger partial charge in [-0.25, -0.2) is 19.2 Å². The van der Waals surface area contributed by atoms with Crippen LogP contribution in [-0.2, 0) is 4.79 Å². The molecule has 0 aliphatic rings. The monoisotopic (exact) mass is 372 g/mol. The van der Waals surface area contributed by atoms with Crippen LogP contribution in [0.15, 0.2) is 36.4 Å². The van der Waals surface area contributed by atoms with Crippen molar-refractivity contribution in [2.45, 2.75) is 5.92 Å². The molecule has 0 radical (unpaired) electrons. The maximum atomic E-state index is 11.6. The molecular weight excluding hydrogens is 360 g/mol. The molecule has 2 rings (SSSR count). The van der Waals surface area contributed by atoms with Gasteiger partial charge in [0.2, 0.25) is 0 Å². The third-order valence-electron chi connectivity index (χ3n) is 3.86. The fraction of sp³-hybridized carbons (Fsp3) is 0.0556. The molecule has 0 saturated carbocycles. The number of carboxylic acids is 4. The second-order valence-corrected chi connectivity index (χ2v) is 5.44. The summed E-state index contributed by atoms with van der Waals surface area (Å²) in [6.07, 6.45) is 0.419. The van der Waals surface area contributed by atoms with Crippen molar-refractivity contribution in [2.75, 3.05) is 0 Å². The highest BCUT2D eigenvalue weighted by Crippen LogP contribution is 2.27. The first-order chi connectivity index (χ1) is 12.7. The van der Waals surface area contributed by atoms with Crippen molar-refractivity contribution in [2.24, 2.45) is 0 Å². The predicted octanol–water partition coefficient (Wildman–Crippen LogP) is 1.81. The molecule has 27 heavy (non-hydrogen) atoms. The van der Waals surface area contributed by atoms with E-state index in [9.17, 15) is 34.2 Å². The van der Waals surface area contributed by atoms with Crippen molar-refractivity contribution in [3.05, 3.63) is 69.8 Å². The number of carbonyl (C=O) groups is 5. The van der Waals surface area contributed by atoms with Crippen LogP contribution < -0.4 is 0 Å². The Labute approximate surface area is 151 Å². The standard InChI is InChI=1S/C18H12O9/c19-7-14(8-1-3-10(15(20)21)12(5-8)17(24)25)9-2-4-11(16(22)23)13(6-9)18(26)27/h1-7,14H,(H,20,21)(H,22,23)(H,24,25)(H,26,27). The maximum Gasteiger partial charge on any atom is 0.336 e. The molecule has 0 bridgehead atoms. The molecule has 0 aliphatic carbocycles. The van der Waals surface area contributed by atoms with Gasteiger partial charge in [0.1, 0.15) is 6.29 Å². The molecule has 0 heterocycles. The minimum atomic E-state index is -1.51. The van der Waals surface area contributed by atoms with Crippen molar-refractivity contribution in [1.82, 2.24) is 0 Å². The molecule has 9 nitrogen and oxygen atoms in total. The fourth-order valence-corrected chi connectivity index (χ4v) is 2.59. The minimum Gasteiger partial charge on any atom is -0.478 e. The summed E-state index contributed by atoms with van der Waals surface area (Å²) in [4.78, 5) is 56.4. The molecule has 0 unspecified atom stereocenters. The van der Waals surface area contributed by atoms with Crippen molar-refractivity contribution in [3.8, 4) is 0 Å². The number of carboxylic acid groups (broad SMARTS) is 4. The summed E-state index contributed by atoms with van der Waals surface area (Å²) in [6.45, 7) is 0. The van der Waals surface area contributed by atoms with E-state index in [1.807, 2.05) is 0 Å². The number of carbonyl (C=O) groups excluding carboxylic acids is 1. The Kier molecular flexibility index (Phi) is 5.35. The van der Waals surface area contributed by atoms with Gasteiger partial charge in [-0.2, -0.15) is 0 Å². The normalized spacial score (nSPS) is 10.4. The molecule has 0 saturated heterocycles. The fourth-order valence-electron chi connectivity index (χ4n) is 2.59. The van der Waals surface area contributed by atoms with Gasteiger partial charge in [-0.05, 0) is 35.4 Å². The first-order valence-corrected chi connectivity index (χ1v) is 7.33. The van der Waals surface area contributed by atoms with Crippen LogP contribution in [0.4, 0.5) is 0 Å². The zero-order chi connectivity index (χ0) is 20.3. The van der Waals surface area contributed by atoms with Crippen LogP contribution in [0.5, 0.6) is 0 Å². The average molecular weight is 372 g/mol. The molecule has 0 aliphatic heterocycles. The minimum absolute atomic E-state index is 0.117. The van der Waals surface area contributed by atoms with Crippen LogP contribution in [-0.4, -0.2) is 50.6 Å². The van der Waals surface area contributed by atoms with Crippen molar-refractivity contribution < 1.29 is 44.4 Å². The molecule has 0 atom stereocenters. The maximum absolute atomic E-state index is 11.6. The SMILES string of the molecule is O=CC(c1ccc(C(=O)O)c(C(=O)O)c1)c1ccc(C(=O)O)c(C(=O)O)c1. The Bertz CT molecular complexity index is 899. The molecule has 9 heteroatoms. The van der Waals surface area contributed by atoms with E-state index in [1.54, 1.807) is 0 Å². The summed E-state index contributed by atoms with van der Waals surface area (Å²) in [5.41, 5.74) is -1.77. The van der Waals surface area contributed by atoms with Gasteiger partial charge in [0, 0.05) is 0 Å². The molecule has 138 valence electrons. The Balaban J connectivity index is 2.62. The van der Waals surface area contributed by atoms with Crippen LogP contribution in [0.3, 0.4) is 0 Å². The average Bonchev–Trinajstić information content (AvgIpc) is 2.61. The van der Waals surface area contributed by atoms with E-state index < -0.39 is 52.0 Å². The largest absolute Gasteiger partial charge is 0.478 e. The Morgan fingerprint density at radius 2 is 0.963 bits per heavy atom. The topological polar surface area (TPSA) is 166 Å². The van der Waals surface area contributed by atoms with E-state index >= 15 is 0 Å². The van der Waals surface area contributed by atoms with Crippen LogP contribution in [0.2, 0.25) is 0 Å². The molecule has 2 aromatic rings. The number of aldehydes is 1. The second kappa shape index (κ2) is 7.48. The number of hydrogen-bond acceptors (Lipinski definition) is 5. The van der Waals surface area contributed by atoms with E-state index in [2.05, 4.69) is 0 Å². The molecule has 0 fully saturated rings. The highest BCUT2D eigenvalue weighted by molar-refractivity contribution is 6.03. The van der Waals surface area contributed by atoms with E-state index in [0.29, 0.717) is 6.29 Å². The van der Waals surface area contributed by atoms with Gasteiger partial charge < -0.3 is 25.2 Å². The van der Waals surface area contributed by atoms with Crippen molar-refractivity contribution in [3.63, 3.8) is 0 Å². The van der Waals surface area contributed by atoms with Crippen LogP contribution >= 0.6 is 0 Å². The Morgan fingerprint density at radius 1 is 0.630 bits per heavy atom. The lowest BCUT2D eigenvalue weighted by Crippen LogP contribution is -2.13. The summed E-state index contributed by atoms with van der Waals surface area (Å²) < 4.78 is 0. The molecular formula is C18H12O9. The first-order valence-electron chi connectivity index (χ1n) is 7.33. The number of hydrogen-bond donors (Lipinski definition) is 4. The van der Waals surface area contributed by atoms with Gasteiger partial charge in [0.25, 0.3) is 0 Å². The van der Waals surface area contributed by atoms with Gasteiger partial charge in [-0.3, -0.25) is 0 Å². The third kappa shape index (κ3) is 3.82. The molecule has 0 spiro atoms. The van der Waals surface area contributed by atoms with Crippen LogP contribution in [0.25, 0.3) is 0 Å². The lowest BCUT2D eigenvalue weighted by Gasteiger charge is -2.14. The second-order valence-electron chi connectivity index (χ2n) is 5.44. The first kappa shape index (κ1) is 19.3. The van der Waals surface area contributed by atoms with E-state index in [0.717, 1.165) is 24.3 Å². The Hall–Kier alpha value is -4.01. The summed E-state index contributed by atoms with van der Waals surface area (Å²) >= 11 is 0. The molecule has 2 aromatic carbocycles. The van der Waals surface area contributed by atoms with Gasteiger partial charge in [0.05, 0.1) is 28.2 Å². The van der Waals surface area contributed by atoms with Gasteiger partial charge >= 0.3 is 23.9 Å². The predicted molar refractivity (Wildman–Crippen MR) is 88.6 cm³/mol. The summed E-state index contributed by atoms with van der Waals surface area (Å²) in [5, 5.41) is 36.5. The van der Waals surface area contributed by atoms with Crippen molar-refractivity contribution >= 4 is 30.2 Å². The smallest absolute Gasteiger partial charge is 0.336 e. The van der Waals surface area contributed by atoms with Gasteiger partial charge in [-0.1, -0.05) is 12.1 Å². The molecule has 0 amide bonds. The zero-order valence-corrected chi connectivity index (χ0v) is 13.4.